The van der Waals surface area contributed by atoms with Crippen molar-refractivity contribution in [1.29, 1.82) is 0 Å². The van der Waals surface area contributed by atoms with E-state index in [0.29, 0.717) is 17.7 Å². The predicted octanol–water partition coefficient (Wildman–Crippen LogP) is 0.134. The zero-order chi connectivity index (χ0) is 11.1. The summed E-state index contributed by atoms with van der Waals surface area (Å²) in [5.74, 6) is 0. The number of nitrogens with two attached hydrogens (primary N) is 1. The predicted molar refractivity (Wildman–Crippen MR) is 56.5 cm³/mol. The molecular formula is C9H12N2O3S. The van der Waals surface area contributed by atoms with Gasteiger partial charge in [0.05, 0.1) is 11.8 Å². The molecule has 82 valence electrons. The highest BCUT2D eigenvalue weighted by molar-refractivity contribution is 7.90. The molecule has 1 aromatic rings. The Morgan fingerprint density at radius 3 is 2.73 bits per heavy atom. The topological polar surface area (TPSA) is 83.6 Å². The molecule has 0 saturated carbocycles. The van der Waals surface area contributed by atoms with Crippen LogP contribution in [0.5, 0.6) is 0 Å². The summed E-state index contributed by atoms with van der Waals surface area (Å²) in [5.41, 5.74) is 1.08. The van der Waals surface area contributed by atoms with Crippen LogP contribution in [0.4, 0.5) is 5.69 Å². The van der Waals surface area contributed by atoms with Crippen molar-refractivity contribution in [3.05, 3.63) is 29.8 Å². The SMILES string of the molecule is NS(=O)(=O)N1CCC(O)c2ccccc21. The number of para-hydroxylation sites is 1. The van der Waals surface area contributed by atoms with Gasteiger partial charge < -0.3 is 5.11 Å². The van der Waals surface area contributed by atoms with Crippen LogP contribution in [0.3, 0.4) is 0 Å². The van der Waals surface area contributed by atoms with Crippen molar-refractivity contribution in [2.24, 2.45) is 5.14 Å². The fraction of sp³-hybridized carbons (Fsp3) is 0.333. The standard InChI is InChI=1S/C9H12N2O3S/c10-15(13,14)11-6-5-9(12)7-3-1-2-4-8(7)11/h1-4,9,12H,5-6H2,(H2,10,13,14). The molecule has 1 aromatic carbocycles. The zero-order valence-corrected chi connectivity index (χ0v) is 8.81. The lowest BCUT2D eigenvalue weighted by atomic mass is 10.0. The summed E-state index contributed by atoms with van der Waals surface area (Å²) in [6.07, 6.45) is -0.243. The molecule has 3 N–H and O–H groups in total. The molecule has 0 saturated heterocycles. The van der Waals surface area contributed by atoms with Gasteiger partial charge in [-0.25, -0.2) is 5.14 Å². The normalized spacial score (nSPS) is 21.2. The van der Waals surface area contributed by atoms with Gasteiger partial charge in [0.15, 0.2) is 0 Å². The summed E-state index contributed by atoms with van der Waals surface area (Å²) in [4.78, 5) is 0. The Bertz CT molecular complexity index is 472. The van der Waals surface area contributed by atoms with Crippen LogP contribution in [0.1, 0.15) is 18.1 Å². The number of aliphatic hydroxyl groups excluding tert-OH is 1. The molecule has 6 heteroatoms. The summed E-state index contributed by atoms with van der Waals surface area (Å²) in [5, 5.41) is 14.8. The number of hydrogen-bond acceptors (Lipinski definition) is 3. The molecule has 1 heterocycles. The molecule has 0 aromatic heterocycles. The first-order chi connectivity index (χ1) is 7.00. The van der Waals surface area contributed by atoms with Crippen LogP contribution in [0.25, 0.3) is 0 Å². The van der Waals surface area contributed by atoms with Crippen molar-refractivity contribution >= 4 is 15.9 Å². The molecule has 1 aliphatic heterocycles. The third-order valence-electron chi connectivity index (χ3n) is 2.48. The Kier molecular flexibility index (Phi) is 2.41. The van der Waals surface area contributed by atoms with E-state index >= 15 is 0 Å². The molecular weight excluding hydrogens is 216 g/mol. The lowest BCUT2D eigenvalue weighted by Gasteiger charge is -2.31. The Morgan fingerprint density at radius 1 is 1.40 bits per heavy atom. The van der Waals surface area contributed by atoms with Gasteiger partial charge in [-0.3, -0.25) is 4.31 Å². The van der Waals surface area contributed by atoms with Crippen LogP contribution in [0.15, 0.2) is 24.3 Å². The summed E-state index contributed by atoms with van der Waals surface area (Å²) < 4.78 is 23.7. The van der Waals surface area contributed by atoms with Gasteiger partial charge in [0.1, 0.15) is 0 Å². The van der Waals surface area contributed by atoms with Gasteiger partial charge in [0.25, 0.3) is 10.2 Å². The van der Waals surface area contributed by atoms with Crippen LogP contribution in [-0.2, 0) is 10.2 Å². The molecule has 0 spiro atoms. The number of nitrogens with zero attached hydrogens (tertiary/aromatic N) is 1. The van der Waals surface area contributed by atoms with Crippen molar-refractivity contribution in [2.75, 3.05) is 10.8 Å². The minimum atomic E-state index is -3.74. The van der Waals surface area contributed by atoms with Gasteiger partial charge in [0, 0.05) is 12.1 Å². The van der Waals surface area contributed by atoms with Crippen LogP contribution in [0, 0.1) is 0 Å². The molecule has 1 atom stereocenters. The number of fused-ring (bicyclic) bond motifs is 1. The van der Waals surface area contributed by atoms with Crippen LogP contribution >= 0.6 is 0 Å². The highest BCUT2D eigenvalue weighted by Gasteiger charge is 2.28. The molecule has 0 fully saturated rings. The molecule has 0 aliphatic carbocycles. The molecule has 1 aliphatic rings. The van der Waals surface area contributed by atoms with Gasteiger partial charge in [-0.1, -0.05) is 18.2 Å². The van der Waals surface area contributed by atoms with Crippen molar-refractivity contribution in [3.63, 3.8) is 0 Å². The van der Waals surface area contributed by atoms with E-state index in [9.17, 15) is 13.5 Å². The van der Waals surface area contributed by atoms with Gasteiger partial charge in [-0.15, -0.1) is 0 Å². The second-order valence-electron chi connectivity index (χ2n) is 3.48. The lowest BCUT2D eigenvalue weighted by molar-refractivity contribution is 0.166. The number of anilines is 1. The lowest BCUT2D eigenvalue weighted by Crippen LogP contribution is -2.40. The molecule has 2 rings (SSSR count). The maximum atomic E-state index is 11.3. The molecule has 5 nitrogen and oxygen atoms in total. The van der Waals surface area contributed by atoms with E-state index in [1.54, 1.807) is 24.3 Å². The zero-order valence-electron chi connectivity index (χ0n) is 8.00. The average Bonchev–Trinajstić information content (AvgIpc) is 2.17. The molecule has 0 amide bonds. The second-order valence-corrected chi connectivity index (χ2v) is 4.95. The van der Waals surface area contributed by atoms with Crippen LogP contribution < -0.4 is 9.44 Å². The smallest absolute Gasteiger partial charge is 0.299 e. The third kappa shape index (κ3) is 1.83. The first kappa shape index (κ1) is 10.4. The van der Waals surface area contributed by atoms with E-state index < -0.39 is 16.3 Å². The number of rotatable bonds is 1. The van der Waals surface area contributed by atoms with Crippen molar-refractivity contribution in [1.82, 2.24) is 0 Å². The first-order valence-electron chi connectivity index (χ1n) is 4.57. The monoisotopic (exact) mass is 228 g/mol. The maximum absolute atomic E-state index is 11.3. The van der Waals surface area contributed by atoms with E-state index in [0.717, 1.165) is 4.31 Å². The van der Waals surface area contributed by atoms with Crippen LogP contribution in [0.2, 0.25) is 0 Å². The number of benzene rings is 1. The first-order valence-corrected chi connectivity index (χ1v) is 6.08. The van der Waals surface area contributed by atoms with E-state index in [4.69, 9.17) is 5.14 Å². The minimum absolute atomic E-state index is 0.219. The van der Waals surface area contributed by atoms with E-state index in [1.807, 2.05) is 0 Å². The average molecular weight is 228 g/mol. The number of hydrogen-bond donors (Lipinski definition) is 2. The van der Waals surface area contributed by atoms with Gasteiger partial charge in [0.2, 0.25) is 0 Å². The van der Waals surface area contributed by atoms with E-state index in [1.165, 1.54) is 0 Å². The molecule has 15 heavy (non-hydrogen) atoms. The summed E-state index contributed by atoms with van der Waals surface area (Å²) in [6, 6.07) is 6.82. The van der Waals surface area contributed by atoms with E-state index in [2.05, 4.69) is 0 Å². The third-order valence-corrected chi connectivity index (χ3v) is 3.47. The second kappa shape index (κ2) is 3.48. The summed E-state index contributed by atoms with van der Waals surface area (Å²) >= 11 is 0. The number of aliphatic hydroxyl groups is 1. The maximum Gasteiger partial charge on any atom is 0.299 e. The highest BCUT2D eigenvalue weighted by Crippen LogP contribution is 2.34. The Balaban J connectivity index is 2.54. The van der Waals surface area contributed by atoms with Gasteiger partial charge in [-0.05, 0) is 12.5 Å². The minimum Gasteiger partial charge on any atom is -0.388 e. The largest absolute Gasteiger partial charge is 0.388 e. The highest BCUT2D eigenvalue weighted by atomic mass is 32.2. The molecule has 0 bridgehead atoms. The van der Waals surface area contributed by atoms with Crippen molar-refractivity contribution in [3.8, 4) is 0 Å². The van der Waals surface area contributed by atoms with E-state index in [-0.39, 0.29) is 6.54 Å². The van der Waals surface area contributed by atoms with Crippen molar-refractivity contribution < 1.29 is 13.5 Å². The summed E-state index contributed by atoms with van der Waals surface area (Å²) in [7, 11) is -3.74. The Labute approximate surface area is 88.3 Å². The fourth-order valence-electron chi connectivity index (χ4n) is 1.78. The Morgan fingerprint density at radius 2 is 2.07 bits per heavy atom. The van der Waals surface area contributed by atoms with Crippen molar-refractivity contribution in [2.45, 2.75) is 12.5 Å². The summed E-state index contributed by atoms with van der Waals surface area (Å²) in [6.45, 7) is 0.219. The Hall–Kier alpha value is -1.11. The fourth-order valence-corrected chi connectivity index (χ4v) is 2.58. The van der Waals surface area contributed by atoms with Gasteiger partial charge in [-0.2, -0.15) is 8.42 Å². The molecule has 1 unspecified atom stereocenters. The van der Waals surface area contributed by atoms with Gasteiger partial charge >= 0.3 is 0 Å². The van der Waals surface area contributed by atoms with Crippen LogP contribution in [-0.4, -0.2) is 20.1 Å². The molecule has 0 radical (unpaired) electrons. The quantitative estimate of drug-likeness (QED) is 0.716.